The van der Waals surface area contributed by atoms with Crippen molar-refractivity contribution < 1.29 is 4.42 Å². The number of rotatable bonds is 4. The van der Waals surface area contributed by atoms with E-state index in [1.54, 1.807) is 0 Å². The molecule has 0 saturated heterocycles. The number of thiophene rings is 1. The van der Waals surface area contributed by atoms with Crippen LogP contribution in [0.3, 0.4) is 0 Å². The monoisotopic (exact) mass is 683 g/mol. The number of furan rings is 1. The lowest BCUT2D eigenvalue weighted by Gasteiger charge is -2.29. The average Bonchev–Trinajstić information content (AvgIpc) is 3.83. The van der Waals surface area contributed by atoms with Gasteiger partial charge in [-0.1, -0.05) is 129 Å². The lowest BCUT2D eigenvalue weighted by Crippen LogP contribution is -2.16. The van der Waals surface area contributed by atoms with Gasteiger partial charge in [-0.2, -0.15) is 0 Å². The maximum atomic E-state index is 6.85. The number of hydrogen-bond acceptors (Lipinski definition) is 3. The summed E-state index contributed by atoms with van der Waals surface area (Å²) >= 11 is 1.86. The van der Waals surface area contributed by atoms with Crippen LogP contribution in [0.25, 0.3) is 75.1 Å². The van der Waals surface area contributed by atoms with E-state index in [-0.39, 0.29) is 5.41 Å². The zero-order chi connectivity index (χ0) is 34.6. The summed E-state index contributed by atoms with van der Waals surface area (Å²) in [7, 11) is 0. The first-order valence-corrected chi connectivity index (χ1v) is 18.7. The van der Waals surface area contributed by atoms with Crippen LogP contribution in [0.5, 0.6) is 0 Å². The summed E-state index contributed by atoms with van der Waals surface area (Å²) in [4.78, 5) is 2.43. The summed E-state index contributed by atoms with van der Waals surface area (Å²) in [6.45, 7) is 4.70. The van der Waals surface area contributed by atoms with E-state index in [1.165, 1.54) is 53.6 Å². The van der Waals surface area contributed by atoms with Gasteiger partial charge in [0.05, 0.1) is 5.69 Å². The molecular formula is C49H33NOS. The van der Waals surface area contributed by atoms with Crippen LogP contribution in [0.2, 0.25) is 0 Å². The lowest BCUT2D eigenvalue weighted by atomic mass is 9.82. The lowest BCUT2D eigenvalue weighted by molar-refractivity contribution is 0.660. The summed E-state index contributed by atoms with van der Waals surface area (Å²) in [6.07, 6.45) is 0. The van der Waals surface area contributed by atoms with Crippen LogP contribution in [0, 0.1) is 0 Å². The molecule has 0 aliphatic heterocycles. The molecule has 3 heteroatoms. The van der Waals surface area contributed by atoms with Gasteiger partial charge < -0.3 is 9.32 Å². The highest BCUT2D eigenvalue weighted by atomic mass is 32.1. The number of nitrogens with zero attached hydrogens (tertiary/aromatic N) is 1. The molecule has 0 bridgehead atoms. The van der Waals surface area contributed by atoms with Gasteiger partial charge in [-0.3, -0.25) is 0 Å². The molecule has 0 unspecified atom stereocenters. The van der Waals surface area contributed by atoms with Gasteiger partial charge in [-0.05, 0) is 81.9 Å². The maximum absolute atomic E-state index is 6.85. The summed E-state index contributed by atoms with van der Waals surface area (Å²) in [5.74, 6) is 0. The standard InChI is InChI=1S/C49H33NOS/c1-49(2)42-21-10-8-15-34(42)35-26-24-32(28-43(35)49)50(31-13-4-3-5-14-31)44-29-41-37-25-23-30(27-45(37)51-47(41)39-18-7-6-16-36(39)44)33-19-12-20-40-38-17-9-11-22-46(38)52-48(33)40/h3-29H,1-2H3. The summed E-state index contributed by atoms with van der Waals surface area (Å²) in [5, 5.41) is 7.11. The van der Waals surface area contributed by atoms with Crippen molar-refractivity contribution >= 4 is 81.3 Å². The van der Waals surface area contributed by atoms with Crippen molar-refractivity contribution in [1.82, 2.24) is 0 Å². The van der Waals surface area contributed by atoms with Crippen molar-refractivity contribution in [3.8, 4) is 22.3 Å². The molecule has 0 spiro atoms. The molecule has 246 valence electrons. The summed E-state index contributed by atoms with van der Waals surface area (Å²) in [5.41, 5.74) is 12.9. The Morgan fingerprint density at radius 1 is 0.481 bits per heavy atom. The zero-order valence-electron chi connectivity index (χ0n) is 28.9. The van der Waals surface area contributed by atoms with Gasteiger partial charge >= 0.3 is 0 Å². The fraction of sp³-hybridized carbons (Fsp3) is 0.0612. The molecule has 1 aliphatic rings. The Hall–Kier alpha value is -6.16. The molecule has 0 saturated carbocycles. The van der Waals surface area contributed by atoms with E-state index in [0.29, 0.717) is 0 Å². The molecule has 0 amide bonds. The van der Waals surface area contributed by atoms with Gasteiger partial charge in [0.2, 0.25) is 0 Å². The van der Waals surface area contributed by atoms with Gasteiger partial charge in [-0.25, -0.2) is 0 Å². The quantitative estimate of drug-likeness (QED) is 0.184. The number of hydrogen-bond donors (Lipinski definition) is 0. The van der Waals surface area contributed by atoms with Gasteiger partial charge in [-0.15, -0.1) is 11.3 Å². The molecule has 2 aromatic heterocycles. The fourth-order valence-electron chi connectivity index (χ4n) is 8.74. The van der Waals surface area contributed by atoms with Crippen LogP contribution in [-0.4, -0.2) is 0 Å². The van der Waals surface area contributed by atoms with Crippen LogP contribution in [0.1, 0.15) is 25.0 Å². The Morgan fingerprint density at radius 3 is 2.08 bits per heavy atom. The molecule has 0 radical (unpaired) electrons. The first-order chi connectivity index (χ1) is 25.5. The Kier molecular flexibility index (Phi) is 6.21. The van der Waals surface area contributed by atoms with Crippen LogP contribution in [-0.2, 0) is 5.41 Å². The minimum Gasteiger partial charge on any atom is -0.455 e. The topological polar surface area (TPSA) is 16.4 Å². The summed E-state index contributed by atoms with van der Waals surface area (Å²) < 4.78 is 9.48. The first kappa shape index (κ1) is 29.6. The highest BCUT2D eigenvalue weighted by Crippen LogP contribution is 2.52. The smallest absolute Gasteiger partial charge is 0.143 e. The third-order valence-electron chi connectivity index (χ3n) is 11.3. The molecule has 10 aromatic rings. The van der Waals surface area contributed by atoms with E-state index in [1.807, 2.05) is 11.3 Å². The van der Waals surface area contributed by atoms with Crippen molar-refractivity contribution in [3.63, 3.8) is 0 Å². The van der Waals surface area contributed by atoms with E-state index in [9.17, 15) is 0 Å². The second-order valence-electron chi connectivity index (χ2n) is 14.5. The maximum Gasteiger partial charge on any atom is 0.143 e. The normalized spacial score (nSPS) is 13.3. The highest BCUT2D eigenvalue weighted by molar-refractivity contribution is 7.26. The van der Waals surface area contributed by atoms with Crippen molar-refractivity contribution in [2.45, 2.75) is 19.3 Å². The zero-order valence-corrected chi connectivity index (χ0v) is 29.7. The fourth-order valence-corrected chi connectivity index (χ4v) is 9.98. The van der Waals surface area contributed by atoms with Crippen LogP contribution in [0.15, 0.2) is 168 Å². The molecule has 2 heterocycles. The molecule has 8 aromatic carbocycles. The Morgan fingerprint density at radius 2 is 1.19 bits per heavy atom. The van der Waals surface area contributed by atoms with E-state index >= 15 is 0 Å². The Labute approximate surface area is 305 Å². The van der Waals surface area contributed by atoms with E-state index < -0.39 is 0 Å². The second kappa shape index (κ2) is 10.9. The minimum absolute atomic E-state index is 0.102. The van der Waals surface area contributed by atoms with Crippen molar-refractivity contribution in [1.29, 1.82) is 0 Å². The molecule has 52 heavy (non-hydrogen) atoms. The molecule has 0 fully saturated rings. The SMILES string of the molecule is CC1(C)c2ccccc2-c2ccc(N(c3ccccc3)c3cc4c5ccc(-c6cccc7c6sc6ccccc67)cc5oc4c4ccccc34)cc21. The predicted octanol–water partition coefficient (Wildman–Crippen LogP) is 14.6. The van der Waals surface area contributed by atoms with Gasteiger partial charge in [0.1, 0.15) is 11.2 Å². The number of benzene rings is 8. The number of fused-ring (bicyclic) bond motifs is 11. The van der Waals surface area contributed by atoms with E-state index in [4.69, 9.17) is 4.42 Å². The van der Waals surface area contributed by atoms with Gasteiger partial charge in [0, 0.05) is 58.5 Å². The molecule has 0 atom stereocenters. The average molecular weight is 684 g/mol. The molecule has 11 rings (SSSR count). The van der Waals surface area contributed by atoms with Gasteiger partial charge in [0.15, 0.2) is 0 Å². The minimum atomic E-state index is -0.102. The Balaban J connectivity index is 1.13. The highest BCUT2D eigenvalue weighted by Gasteiger charge is 2.36. The third kappa shape index (κ3) is 4.17. The predicted molar refractivity (Wildman–Crippen MR) is 222 cm³/mol. The largest absolute Gasteiger partial charge is 0.455 e. The molecule has 2 nitrogen and oxygen atoms in total. The first-order valence-electron chi connectivity index (χ1n) is 17.9. The van der Waals surface area contributed by atoms with E-state index in [0.717, 1.165) is 49.8 Å². The second-order valence-corrected chi connectivity index (χ2v) is 15.5. The van der Waals surface area contributed by atoms with Crippen molar-refractivity contribution in [2.24, 2.45) is 0 Å². The number of anilines is 3. The van der Waals surface area contributed by atoms with Crippen LogP contribution < -0.4 is 4.90 Å². The van der Waals surface area contributed by atoms with Crippen LogP contribution in [0.4, 0.5) is 17.1 Å². The van der Waals surface area contributed by atoms with Gasteiger partial charge in [0.25, 0.3) is 0 Å². The molecule has 1 aliphatic carbocycles. The van der Waals surface area contributed by atoms with Crippen molar-refractivity contribution in [3.05, 3.63) is 175 Å². The number of para-hydroxylation sites is 1. The summed E-state index contributed by atoms with van der Waals surface area (Å²) in [6, 6.07) is 59.8. The van der Waals surface area contributed by atoms with Crippen molar-refractivity contribution in [2.75, 3.05) is 4.90 Å². The molecular weight excluding hydrogens is 651 g/mol. The third-order valence-corrected chi connectivity index (χ3v) is 12.5. The van der Waals surface area contributed by atoms with Crippen LogP contribution >= 0.6 is 11.3 Å². The molecule has 0 N–H and O–H groups in total. The Bertz CT molecular complexity index is 3060. The van der Waals surface area contributed by atoms with E-state index in [2.05, 4.69) is 183 Å².